The first-order valence-corrected chi connectivity index (χ1v) is 6.74. The predicted octanol–water partition coefficient (Wildman–Crippen LogP) is 1.75. The lowest BCUT2D eigenvalue weighted by atomic mass is 10.2. The summed E-state index contributed by atoms with van der Waals surface area (Å²) in [5, 5.41) is 0. The van der Waals surface area contributed by atoms with E-state index in [0.29, 0.717) is 17.7 Å². The van der Waals surface area contributed by atoms with Crippen LogP contribution < -0.4 is 0 Å². The van der Waals surface area contributed by atoms with Gasteiger partial charge >= 0.3 is 0 Å². The molecule has 1 heterocycles. The predicted molar refractivity (Wildman–Crippen MR) is 70.7 cm³/mol. The molecule has 0 aromatic carbocycles. The zero-order chi connectivity index (χ0) is 13.1. The van der Waals surface area contributed by atoms with Gasteiger partial charge in [-0.1, -0.05) is 6.08 Å². The minimum absolute atomic E-state index is 0.0692. The van der Waals surface area contributed by atoms with E-state index >= 15 is 0 Å². The average molecular weight is 247 g/mol. The molecule has 2 fully saturated rings. The van der Waals surface area contributed by atoms with Gasteiger partial charge in [-0.2, -0.15) is 0 Å². The lowest BCUT2D eigenvalue weighted by Gasteiger charge is -2.37. The molecule has 0 N–H and O–H groups in total. The van der Waals surface area contributed by atoms with Crippen molar-refractivity contribution >= 4 is 5.91 Å². The van der Waals surface area contributed by atoms with Crippen LogP contribution in [0.5, 0.6) is 0 Å². The third kappa shape index (κ3) is 3.11. The molecule has 18 heavy (non-hydrogen) atoms. The van der Waals surface area contributed by atoms with Crippen LogP contribution in [-0.4, -0.2) is 47.9 Å². The number of carbonyl (C=O) groups is 1. The highest BCUT2D eigenvalue weighted by atomic mass is 16.2. The van der Waals surface area contributed by atoms with E-state index in [1.165, 1.54) is 0 Å². The topological polar surface area (TPSA) is 27.9 Å². The van der Waals surface area contributed by atoms with E-state index in [2.05, 4.69) is 23.6 Å². The largest absolute Gasteiger partial charge is 0.345 e. The normalized spacial score (nSPS) is 22.1. The van der Waals surface area contributed by atoms with Gasteiger partial charge in [0.2, 0.25) is 5.70 Å². The second-order valence-electron chi connectivity index (χ2n) is 5.42. The number of piperazine rings is 1. The molecule has 4 nitrogen and oxygen atoms in total. The molecule has 0 spiro atoms. The fourth-order valence-electron chi connectivity index (χ4n) is 2.25. The number of hydrogen-bond acceptors (Lipinski definition) is 2. The maximum absolute atomic E-state index is 12.2. The lowest BCUT2D eigenvalue weighted by molar-refractivity contribution is -0.128. The Morgan fingerprint density at radius 1 is 1.28 bits per heavy atom. The van der Waals surface area contributed by atoms with Crippen molar-refractivity contribution in [1.82, 2.24) is 9.80 Å². The number of rotatable bonds is 3. The molecule has 1 saturated heterocycles. The molecule has 0 atom stereocenters. The highest BCUT2D eigenvalue weighted by molar-refractivity contribution is 5.95. The van der Waals surface area contributed by atoms with Gasteiger partial charge in [-0.15, -0.1) is 0 Å². The summed E-state index contributed by atoms with van der Waals surface area (Å²) in [6.45, 7) is 14.8. The number of nitrogens with zero attached hydrogens (tertiary/aromatic N) is 3. The average Bonchev–Trinajstić information content (AvgIpc) is 3.19. The van der Waals surface area contributed by atoms with Crippen LogP contribution in [0.25, 0.3) is 4.85 Å². The van der Waals surface area contributed by atoms with E-state index in [-0.39, 0.29) is 5.91 Å². The summed E-state index contributed by atoms with van der Waals surface area (Å²) < 4.78 is 0. The fraction of sp³-hybridized carbons (Fsp3) is 0.714. The number of allylic oxidation sites excluding steroid dienone is 1. The Kier molecular flexibility index (Phi) is 4.03. The zero-order valence-electron chi connectivity index (χ0n) is 11.2. The van der Waals surface area contributed by atoms with E-state index in [0.717, 1.165) is 39.0 Å². The van der Waals surface area contributed by atoms with Crippen molar-refractivity contribution in [2.45, 2.75) is 32.7 Å². The quantitative estimate of drug-likeness (QED) is 0.561. The minimum atomic E-state index is -0.0692. The Morgan fingerprint density at radius 2 is 1.89 bits per heavy atom. The molecule has 0 radical (unpaired) electrons. The monoisotopic (exact) mass is 247 g/mol. The number of hydrogen-bond donors (Lipinski definition) is 0. The summed E-state index contributed by atoms with van der Waals surface area (Å²) in [5.41, 5.74) is 0.329. The van der Waals surface area contributed by atoms with Gasteiger partial charge in [0.25, 0.3) is 5.91 Å². The van der Waals surface area contributed by atoms with Gasteiger partial charge in [0.1, 0.15) is 0 Å². The molecule has 2 rings (SSSR count). The summed E-state index contributed by atoms with van der Waals surface area (Å²) in [4.78, 5) is 19.8. The fourth-order valence-corrected chi connectivity index (χ4v) is 2.25. The molecule has 0 aromatic heterocycles. The Morgan fingerprint density at radius 3 is 2.33 bits per heavy atom. The number of amides is 1. The van der Waals surface area contributed by atoms with Gasteiger partial charge in [0.15, 0.2) is 0 Å². The van der Waals surface area contributed by atoms with Crippen molar-refractivity contribution in [3.8, 4) is 0 Å². The van der Waals surface area contributed by atoms with Crippen LogP contribution in [0.2, 0.25) is 0 Å². The molecular formula is C14H21N3O. The smallest absolute Gasteiger partial charge is 0.252 e. The minimum Gasteiger partial charge on any atom is -0.345 e. The van der Waals surface area contributed by atoms with Crippen LogP contribution >= 0.6 is 0 Å². The summed E-state index contributed by atoms with van der Waals surface area (Å²) in [6.07, 6.45) is 4.13. The van der Waals surface area contributed by atoms with E-state index in [1.54, 1.807) is 0 Å². The molecule has 1 amide bonds. The first-order valence-electron chi connectivity index (χ1n) is 6.74. The molecule has 0 bridgehead atoms. The maximum atomic E-state index is 12.2. The Labute approximate surface area is 109 Å². The first kappa shape index (κ1) is 13.1. The molecule has 1 saturated carbocycles. The summed E-state index contributed by atoms with van der Waals surface area (Å²) in [6, 6.07) is 0.532. The van der Waals surface area contributed by atoms with Crippen molar-refractivity contribution < 1.29 is 4.79 Å². The second kappa shape index (κ2) is 5.53. The van der Waals surface area contributed by atoms with Crippen molar-refractivity contribution in [1.29, 1.82) is 0 Å². The van der Waals surface area contributed by atoms with Gasteiger partial charge in [-0.25, -0.2) is 4.85 Å². The van der Waals surface area contributed by atoms with Gasteiger partial charge in [-0.3, -0.25) is 9.69 Å². The molecule has 1 aliphatic heterocycles. The number of carbonyl (C=O) groups excluding carboxylic acids is 1. The molecule has 4 heteroatoms. The Bertz CT molecular complexity index is 382. The van der Waals surface area contributed by atoms with Gasteiger partial charge in [0, 0.05) is 32.2 Å². The maximum Gasteiger partial charge on any atom is 0.252 e. The van der Waals surface area contributed by atoms with E-state index in [4.69, 9.17) is 6.57 Å². The molecule has 2 aliphatic rings. The van der Waals surface area contributed by atoms with E-state index in [9.17, 15) is 4.79 Å². The molecule has 0 aromatic rings. The van der Waals surface area contributed by atoms with Gasteiger partial charge in [-0.05, 0) is 32.6 Å². The third-order valence-electron chi connectivity index (χ3n) is 3.69. The highest BCUT2D eigenvalue weighted by Gasteiger charge is 2.27. The summed E-state index contributed by atoms with van der Waals surface area (Å²) in [5.74, 6) is 0.412. The van der Waals surface area contributed by atoms with Crippen LogP contribution in [0.3, 0.4) is 0 Å². The van der Waals surface area contributed by atoms with Crippen molar-refractivity contribution in [2.75, 3.05) is 26.2 Å². The second-order valence-corrected chi connectivity index (χ2v) is 5.42. The highest BCUT2D eigenvalue weighted by Crippen LogP contribution is 2.31. The SMILES string of the molecule is [C-]#[N+]/C(=C/C1CC1)C(=O)N1CCN(C(C)C)CC1. The first-order chi connectivity index (χ1) is 8.61. The third-order valence-corrected chi connectivity index (χ3v) is 3.69. The summed E-state index contributed by atoms with van der Waals surface area (Å²) in [7, 11) is 0. The van der Waals surface area contributed by atoms with Gasteiger partial charge < -0.3 is 4.90 Å². The van der Waals surface area contributed by atoms with Gasteiger partial charge in [0.05, 0.1) is 6.57 Å². The van der Waals surface area contributed by atoms with E-state index in [1.807, 2.05) is 11.0 Å². The molecule has 0 unspecified atom stereocenters. The van der Waals surface area contributed by atoms with Crippen LogP contribution in [-0.2, 0) is 4.79 Å². The molecular weight excluding hydrogens is 226 g/mol. The van der Waals surface area contributed by atoms with Crippen LogP contribution in [0.15, 0.2) is 11.8 Å². The zero-order valence-corrected chi connectivity index (χ0v) is 11.2. The van der Waals surface area contributed by atoms with Crippen molar-refractivity contribution in [2.24, 2.45) is 5.92 Å². The Balaban J connectivity index is 1.92. The van der Waals surface area contributed by atoms with Crippen LogP contribution in [0.1, 0.15) is 26.7 Å². The summed E-state index contributed by atoms with van der Waals surface area (Å²) >= 11 is 0. The lowest BCUT2D eigenvalue weighted by Crippen LogP contribution is -2.50. The van der Waals surface area contributed by atoms with Crippen molar-refractivity contribution in [3.05, 3.63) is 23.2 Å². The van der Waals surface area contributed by atoms with Crippen LogP contribution in [0.4, 0.5) is 0 Å². The molecule has 98 valence electrons. The van der Waals surface area contributed by atoms with Crippen molar-refractivity contribution in [3.63, 3.8) is 0 Å². The molecule has 1 aliphatic carbocycles. The standard InChI is InChI=1S/C14H21N3O/c1-11(2)16-6-8-17(9-7-16)14(18)13(15-3)10-12-4-5-12/h10-12H,4-9H2,1-2H3/b13-10+. The van der Waals surface area contributed by atoms with Crippen LogP contribution in [0, 0.1) is 12.5 Å². The Hall–Kier alpha value is -1.34. The van der Waals surface area contributed by atoms with E-state index < -0.39 is 0 Å².